The van der Waals surface area contributed by atoms with Crippen molar-refractivity contribution in [1.82, 2.24) is 4.98 Å². The number of carbonyl (C=O) groups is 1. The highest BCUT2D eigenvalue weighted by Gasteiger charge is 2.13. The highest BCUT2D eigenvalue weighted by Crippen LogP contribution is 2.21. The molecule has 1 aromatic rings. The van der Waals surface area contributed by atoms with Crippen molar-refractivity contribution in [2.75, 3.05) is 0 Å². The first-order chi connectivity index (χ1) is 6.11. The van der Waals surface area contributed by atoms with Crippen LogP contribution in [-0.4, -0.2) is 10.8 Å². The van der Waals surface area contributed by atoms with Crippen LogP contribution in [0.2, 0.25) is 0 Å². The summed E-state index contributed by atoms with van der Waals surface area (Å²) >= 11 is 0. The van der Waals surface area contributed by atoms with Crippen LogP contribution in [0, 0.1) is 0 Å². The van der Waals surface area contributed by atoms with Gasteiger partial charge >= 0.3 is 0 Å². The fraction of sp³-hybridized carbons (Fsp3) is 0.333. The van der Waals surface area contributed by atoms with Gasteiger partial charge in [0.25, 0.3) is 6.43 Å². The summed E-state index contributed by atoms with van der Waals surface area (Å²) in [7, 11) is 0. The first-order valence-corrected chi connectivity index (χ1v) is 3.82. The van der Waals surface area contributed by atoms with Gasteiger partial charge in [-0.25, -0.2) is 8.78 Å². The van der Waals surface area contributed by atoms with Crippen LogP contribution in [0.15, 0.2) is 18.3 Å². The molecule has 0 amide bonds. The first-order valence-electron chi connectivity index (χ1n) is 3.82. The number of Topliss-reactive ketones (excluding diaryl/α,β-unsaturated/α-hetero) is 1. The Bertz CT molecular complexity index is 312. The second kappa shape index (κ2) is 4.07. The van der Waals surface area contributed by atoms with Crippen LogP contribution >= 0.6 is 0 Å². The molecule has 0 aromatic carbocycles. The van der Waals surface area contributed by atoms with Crippen molar-refractivity contribution < 1.29 is 13.6 Å². The van der Waals surface area contributed by atoms with E-state index < -0.39 is 6.43 Å². The minimum atomic E-state index is -2.57. The molecule has 0 fully saturated rings. The Morgan fingerprint density at radius 2 is 2.31 bits per heavy atom. The smallest absolute Gasteiger partial charge is 0.265 e. The largest absolute Gasteiger partial charge is 0.300 e. The molecule has 1 rings (SSSR count). The minimum Gasteiger partial charge on any atom is -0.300 e. The molecule has 0 saturated heterocycles. The molecule has 13 heavy (non-hydrogen) atoms. The second-order valence-electron chi connectivity index (χ2n) is 2.72. The zero-order chi connectivity index (χ0) is 9.84. The van der Waals surface area contributed by atoms with Crippen molar-refractivity contribution in [3.8, 4) is 0 Å². The van der Waals surface area contributed by atoms with Gasteiger partial charge in [0.15, 0.2) is 0 Å². The molecule has 0 N–H and O–H groups in total. The Hall–Kier alpha value is -1.32. The van der Waals surface area contributed by atoms with Gasteiger partial charge in [-0.15, -0.1) is 0 Å². The summed E-state index contributed by atoms with van der Waals surface area (Å²) in [5.74, 6) is -0.166. The highest BCUT2D eigenvalue weighted by atomic mass is 19.3. The van der Waals surface area contributed by atoms with Gasteiger partial charge in [-0.2, -0.15) is 0 Å². The van der Waals surface area contributed by atoms with E-state index in [4.69, 9.17) is 0 Å². The van der Waals surface area contributed by atoms with Gasteiger partial charge in [-0.1, -0.05) is 0 Å². The SMILES string of the molecule is CC(=O)Cc1ncccc1C(F)F. The molecular weight excluding hydrogens is 176 g/mol. The maximum absolute atomic E-state index is 12.3. The van der Waals surface area contributed by atoms with E-state index in [9.17, 15) is 13.6 Å². The summed E-state index contributed by atoms with van der Waals surface area (Å²) < 4.78 is 24.7. The standard InChI is InChI=1S/C9H9F2NO/c1-6(13)5-8-7(9(10)11)3-2-4-12-8/h2-4,9H,5H2,1H3. The number of halogens is 2. The van der Waals surface area contributed by atoms with E-state index in [2.05, 4.69) is 4.98 Å². The normalized spacial score (nSPS) is 10.5. The quantitative estimate of drug-likeness (QED) is 0.722. The Morgan fingerprint density at radius 1 is 1.62 bits per heavy atom. The third kappa shape index (κ3) is 2.57. The Labute approximate surface area is 74.6 Å². The predicted molar refractivity (Wildman–Crippen MR) is 43.6 cm³/mol. The predicted octanol–water partition coefficient (Wildman–Crippen LogP) is 2.15. The molecule has 0 spiro atoms. The van der Waals surface area contributed by atoms with Gasteiger partial charge in [0.05, 0.1) is 5.69 Å². The van der Waals surface area contributed by atoms with Gasteiger partial charge in [-0.05, 0) is 19.1 Å². The second-order valence-corrected chi connectivity index (χ2v) is 2.72. The minimum absolute atomic E-state index is 0.0273. The number of carbonyl (C=O) groups excluding carboxylic acids is 1. The van der Waals surface area contributed by atoms with Crippen molar-refractivity contribution in [2.45, 2.75) is 19.8 Å². The summed E-state index contributed by atoms with van der Waals surface area (Å²) in [5, 5.41) is 0. The van der Waals surface area contributed by atoms with E-state index in [1.165, 1.54) is 25.3 Å². The van der Waals surface area contributed by atoms with Crippen molar-refractivity contribution in [1.29, 1.82) is 0 Å². The first kappa shape index (κ1) is 9.77. The van der Waals surface area contributed by atoms with E-state index in [-0.39, 0.29) is 23.5 Å². The molecule has 4 heteroatoms. The molecule has 0 unspecified atom stereocenters. The molecule has 0 aliphatic heterocycles. The molecule has 0 bridgehead atoms. The average molecular weight is 185 g/mol. The third-order valence-electron chi connectivity index (χ3n) is 1.58. The van der Waals surface area contributed by atoms with Crippen LogP contribution in [0.1, 0.15) is 24.6 Å². The fourth-order valence-corrected chi connectivity index (χ4v) is 1.03. The van der Waals surface area contributed by atoms with E-state index in [1.807, 2.05) is 0 Å². The topological polar surface area (TPSA) is 30.0 Å². The average Bonchev–Trinajstić information content (AvgIpc) is 2.03. The zero-order valence-electron chi connectivity index (χ0n) is 7.13. The van der Waals surface area contributed by atoms with Crippen molar-refractivity contribution in [3.63, 3.8) is 0 Å². The van der Waals surface area contributed by atoms with E-state index in [0.29, 0.717) is 0 Å². The van der Waals surface area contributed by atoms with Crippen LogP contribution < -0.4 is 0 Å². The Kier molecular flexibility index (Phi) is 3.06. The van der Waals surface area contributed by atoms with Crippen LogP contribution in [0.3, 0.4) is 0 Å². The molecule has 0 saturated carbocycles. The number of aromatic nitrogens is 1. The van der Waals surface area contributed by atoms with E-state index in [0.717, 1.165) is 0 Å². The van der Waals surface area contributed by atoms with Crippen LogP contribution in [0.4, 0.5) is 8.78 Å². The number of nitrogens with zero attached hydrogens (tertiary/aromatic N) is 1. The van der Waals surface area contributed by atoms with E-state index >= 15 is 0 Å². The zero-order valence-corrected chi connectivity index (χ0v) is 7.13. The summed E-state index contributed by atoms with van der Waals surface area (Å²) in [6, 6.07) is 2.72. The van der Waals surface area contributed by atoms with Crippen molar-refractivity contribution in [3.05, 3.63) is 29.6 Å². The molecule has 70 valence electrons. The van der Waals surface area contributed by atoms with E-state index in [1.54, 1.807) is 0 Å². The summed E-state index contributed by atoms with van der Waals surface area (Å²) in [4.78, 5) is 14.4. The molecule has 0 aliphatic rings. The van der Waals surface area contributed by atoms with Crippen molar-refractivity contribution >= 4 is 5.78 Å². The summed E-state index contributed by atoms with van der Waals surface area (Å²) in [6.07, 6.45) is -1.19. The third-order valence-corrected chi connectivity index (χ3v) is 1.58. The maximum atomic E-state index is 12.3. The molecule has 0 radical (unpaired) electrons. The number of ketones is 1. The number of rotatable bonds is 3. The van der Waals surface area contributed by atoms with Gasteiger partial charge in [0.1, 0.15) is 5.78 Å². The summed E-state index contributed by atoms with van der Waals surface area (Å²) in [6.45, 7) is 1.35. The Balaban J connectivity index is 2.97. The molecule has 1 aromatic heterocycles. The molecule has 0 aliphatic carbocycles. The monoisotopic (exact) mass is 185 g/mol. The lowest BCUT2D eigenvalue weighted by atomic mass is 10.1. The lowest BCUT2D eigenvalue weighted by Crippen LogP contribution is -2.03. The number of hydrogen-bond acceptors (Lipinski definition) is 2. The highest BCUT2D eigenvalue weighted by molar-refractivity contribution is 5.78. The molecular formula is C9H9F2NO. The lowest BCUT2D eigenvalue weighted by molar-refractivity contribution is -0.116. The summed E-state index contributed by atoms with van der Waals surface area (Å²) in [5.41, 5.74) is 0.0164. The molecule has 1 heterocycles. The van der Waals surface area contributed by atoms with Crippen LogP contribution in [0.25, 0.3) is 0 Å². The Morgan fingerprint density at radius 3 is 2.85 bits per heavy atom. The van der Waals surface area contributed by atoms with Crippen molar-refractivity contribution in [2.24, 2.45) is 0 Å². The van der Waals surface area contributed by atoms with Crippen LogP contribution in [-0.2, 0) is 11.2 Å². The van der Waals surface area contributed by atoms with Gasteiger partial charge in [0.2, 0.25) is 0 Å². The number of hydrogen-bond donors (Lipinski definition) is 0. The number of alkyl halides is 2. The maximum Gasteiger partial charge on any atom is 0.265 e. The van der Waals surface area contributed by atoms with Gasteiger partial charge in [0, 0.05) is 18.2 Å². The lowest BCUT2D eigenvalue weighted by Gasteiger charge is -2.04. The molecule has 0 atom stereocenters. The van der Waals surface area contributed by atoms with Gasteiger partial charge < -0.3 is 0 Å². The van der Waals surface area contributed by atoms with Crippen LogP contribution in [0.5, 0.6) is 0 Å². The number of pyridine rings is 1. The fourth-order valence-electron chi connectivity index (χ4n) is 1.03. The molecule has 2 nitrogen and oxygen atoms in total. The van der Waals surface area contributed by atoms with Gasteiger partial charge in [-0.3, -0.25) is 9.78 Å².